The molecule has 0 aliphatic heterocycles. The number of aryl methyl sites for hydroxylation is 1. The van der Waals surface area contributed by atoms with Gasteiger partial charge in [-0.15, -0.1) is 11.3 Å². The summed E-state index contributed by atoms with van der Waals surface area (Å²) in [6, 6.07) is 6.42. The molecule has 2 aromatic rings. The van der Waals surface area contributed by atoms with E-state index in [1.807, 2.05) is 13.0 Å². The fourth-order valence-electron chi connectivity index (χ4n) is 1.87. The van der Waals surface area contributed by atoms with Crippen LogP contribution >= 0.6 is 11.3 Å². The Morgan fingerprint density at radius 2 is 2.05 bits per heavy atom. The number of nitrogens with one attached hydrogen (secondary N) is 1. The Morgan fingerprint density at radius 1 is 1.29 bits per heavy atom. The van der Waals surface area contributed by atoms with Gasteiger partial charge in [-0.2, -0.15) is 4.39 Å². The number of rotatable bonds is 6. The van der Waals surface area contributed by atoms with Crippen LogP contribution in [-0.4, -0.2) is 6.04 Å². The molecule has 21 heavy (non-hydrogen) atoms. The van der Waals surface area contributed by atoms with Gasteiger partial charge in [-0.1, -0.05) is 19.9 Å². The third-order valence-electron chi connectivity index (χ3n) is 3.06. The van der Waals surface area contributed by atoms with E-state index in [0.717, 1.165) is 23.1 Å². The van der Waals surface area contributed by atoms with Crippen molar-refractivity contribution >= 4 is 11.3 Å². The van der Waals surface area contributed by atoms with E-state index in [1.54, 1.807) is 11.3 Å². The maximum Gasteiger partial charge on any atom is 0.200 e. The Kier molecular flexibility index (Phi) is 5.31. The molecular formula is C16H19F2NOS. The Morgan fingerprint density at radius 3 is 2.76 bits per heavy atom. The summed E-state index contributed by atoms with van der Waals surface area (Å²) in [7, 11) is 0. The summed E-state index contributed by atoms with van der Waals surface area (Å²) in [6.45, 7) is 7.24. The first-order valence-corrected chi connectivity index (χ1v) is 7.67. The average Bonchev–Trinajstić information content (AvgIpc) is 2.79. The van der Waals surface area contributed by atoms with Crippen molar-refractivity contribution in [2.75, 3.05) is 0 Å². The van der Waals surface area contributed by atoms with Gasteiger partial charge in [0.25, 0.3) is 0 Å². The Labute approximate surface area is 127 Å². The Balaban J connectivity index is 2.01. The van der Waals surface area contributed by atoms with Crippen LogP contribution < -0.4 is 10.1 Å². The molecule has 0 amide bonds. The highest BCUT2D eigenvalue weighted by Crippen LogP contribution is 2.25. The number of thiophene rings is 1. The third kappa shape index (κ3) is 4.25. The van der Waals surface area contributed by atoms with Crippen LogP contribution in [0.5, 0.6) is 5.75 Å². The van der Waals surface area contributed by atoms with Crippen LogP contribution in [0.25, 0.3) is 0 Å². The lowest BCUT2D eigenvalue weighted by Crippen LogP contribution is -2.21. The van der Waals surface area contributed by atoms with Crippen molar-refractivity contribution in [3.05, 3.63) is 51.2 Å². The summed E-state index contributed by atoms with van der Waals surface area (Å²) in [4.78, 5) is 2.34. The van der Waals surface area contributed by atoms with Gasteiger partial charge in [-0.3, -0.25) is 0 Å². The zero-order chi connectivity index (χ0) is 15.4. The van der Waals surface area contributed by atoms with Crippen molar-refractivity contribution in [3.63, 3.8) is 0 Å². The van der Waals surface area contributed by atoms with Gasteiger partial charge in [0.2, 0.25) is 5.82 Å². The molecule has 0 saturated heterocycles. The van der Waals surface area contributed by atoms with E-state index in [2.05, 4.69) is 19.2 Å². The van der Waals surface area contributed by atoms with Gasteiger partial charge in [0.05, 0.1) is 0 Å². The first-order valence-electron chi connectivity index (χ1n) is 6.85. The van der Waals surface area contributed by atoms with Gasteiger partial charge in [-0.25, -0.2) is 4.39 Å². The van der Waals surface area contributed by atoms with Gasteiger partial charge in [0.15, 0.2) is 11.6 Å². The van der Waals surface area contributed by atoms with E-state index >= 15 is 0 Å². The lowest BCUT2D eigenvalue weighted by Gasteiger charge is -2.07. The normalized spacial score (nSPS) is 11.1. The Bertz CT molecular complexity index is 610. The molecule has 1 heterocycles. The zero-order valence-electron chi connectivity index (χ0n) is 12.4. The van der Waals surface area contributed by atoms with Crippen molar-refractivity contribution in [1.82, 2.24) is 5.32 Å². The summed E-state index contributed by atoms with van der Waals surface area (Å²) >= 11 is 1.69. The Hall–Kier alpha value is -1.46. The molecule has 0 aliphatic rings. The maximum absolute atomic E-state index is 13.5. The second-order valence-corrected chi connectivity index (χ2v) is 6.51. The molecule has 1 aromatic carbocycles. The minimum absolute atomic E-state index is 0.0533. The van der Waals surface area contributed by atoms with Crippen LogP contribution in [0, 0.1) is 18.6 Å². The summed E-state index contributed by atoms with van der Waals surface area (Å²) in [6.07, 6.45) is 0. The fourth-order valence-corrected chi connectivity index (χ4v) is 2.87. The van der Waals surface area contributed by atoms with E-state index in [9.17, 15) is 8.78 Å². The number of benzene rings is 1. The van der Waals surface area contributed by atoms with Gasteiger partial charge in [-0.05, 0) is 25.1 Å². The maximum atomic E-state index is 13.5. The topological polar surface area (TPSA) is 21.3 Å². The van der Waals surface area contributed by atoms with Gasteiger partial charge in [0, 0.05) is 27.9 Å². The highest BCUT2D eigenvalue weighted by molar-refractivity contribution is 7.12. The number of ether oxygens (including phenoxy) is 1. The summed E-state index contributed by atoms with van der Waals surface area (Å²) in [5, 5.41) is 3.35. The van der Waals surface area contributed by atoms with Crippen LogP contribution in [0.15, 0.2) is 24.3 Å². The minimum atomic E-state index is -0.938. The molecule has 2 rings (SSSR count). The van der Waals surface area contributed by atoms with E-state index < -0.39 is 11.6 Å². The monoisotopic (exact) mass is 311 g/mol. The molecular weight excluding hydrogens is 292 g/mol. The molecule has 0 saturated carbocycles. The zero-order valence-corrected chi connectivity index (χ0v) is 13.2. The molecule has 0 spiro atoms. The van der Waals surface area contributed by atoms with Crippen molar-refractivity contribution in [1.29, 1.82) is 0 Å². The highest BCUT2D eigenvalue weighted by Gasteiger charge is 2.11. The van der Waals surface area contributed by atoms with E-state index in [0.29, 0.717) is 6.04 Å². The molecule has 0 radical (unpaired) electrons. The lowest BCUT2D eigenvalue weighted by atomic mass is 10.2. The average molecular weight is 311 g/mol. The number of hydrogen-bond donors (Lipinski definition) is 1. The smallest absolute Gasteiger partial charge is 0.200 e. The van der Waals surface area contributed by atoms with Crippen molar-refractivity contribution in [3.8, 4) is 5.75 Å². The van der Waals surface area contributed by atoms with Crippen LogP contribution in [0.3, 0.4) is 0 Å². The molecule has 0 bridgehead atoms. The number of halogens is 2. The minimum Gasteiger partial charge on any atom is -0.486 e. The largest absolute Gasteiger partial charge is 0.486 e. The summed E-state index contributed by atoms with van der Waals surface area (Å²) < 4.78 is 32.0. The molecule has 0 fully saturated rings. The molecule has 1 aromatic heterocycles. The molecule has 0 atom stereocenters. The third-order valence-corrected chi connectivity index (χ3v) is 4.15. The quantitative estimate of drug-likeness (QED) is 0.853. The van der Waals surface area contributed by atoms with Gasteiger partial charge >= 0.3 is 0 Å². The molecule has 5 heteroatoms. The van der Waals surface area contributed by atoms with E-state index in [1.165, 1.54) is 17.0 Å². The SMILES string of the molecule is Cc1sc(CNC(C)C)cc1COc1cccc(F)c1F. The lowest BCUT2D eigenvalue weighted by molar-refractivity contribution is 0.284. The van der Waals surface area contributed by atoms with Crippen LogP contribution in [0.1, 0.15) is 29.2 Å². The summed E-state index contributed by atoms with van der Waals surface area (Å²) in [5.74, 6) is -1.88. The van der Waals surface area contributed by atoms with Crippen molar-refractivity contribution < 1.29 is 13.5 Å². The predicted molar refractivity (Wildman–Crippen MR) is 81.7 cm³/mol. The van der Waals surface area contributed by atoms with Crippen LogP contribution in [0.2, 0.25) is 0 Å². The molecule has 2 nitrogen and oxygen atoms in total. The number of hydrogen-bond acceptors (Lipinski definition) is 3. The molecule has 0 unspecified atom stereocenters. The molecule has 114 valence electrons. The van der Waals surface area contributed by atoms with Crippen LogP contribution in [0.4, 0.5) is 8.78 Å². The van der Waals surface area contributed by atoms with E-state index in [-0.39, 0.29) is 12.4 Å². The first-order chi connectivity index (χ1) is 9.97. The van der Waals surface area contributed by atoms with Crippen LogP contribution in [-0.2, 0) is 13.2 Å². The second kappa shape index (κ2) is 7.00. The standard InChI is InChI=1S/C16H19F2NOS/c1-10(2)19-8-13-7-12(11(3)21-13)9-20-15-6-4-5-14(17)16(15)18/h4-7,10,19H,8-9H2,1-3H3. The summed E-state index contributed by atoms with van der Waals surface area (Å²) in [5.41, 5.74) is 1.00. The molecule has 0 aliphatic carbocycles. The first kappa shape index (κ1) is 15.9. The molecule has 1 N–H and O–H groups in total. The van der Waals surface area contributed by atoms with Crippen molar-refractivity contribution in [2.24, 2.45) is 0 Å². The van der Waals surface area contributed by atoms with Gasteiger partial charge < -0.3 is 10.1 Å². The fraction of sp³-hybridized carbons (Fsp3) is 0.375. The van der Waals surface area contributed by atoms with Crippen molar-refractivity contribution in [2.45, 2.75) is 40.0 Å². The highest BCUT2D eigenvalue weighted by atomic mass is 32.1. The predicted octanol–water partition coefficient (Wildman–Crippen LogP) is 4.41. The second-order valence-electron chi connectivity index (χ2n) is 5.17. The van der Waals surface area contributed by atoms with E-state index in [4.69, 9.17) is 4.74 Å². The van der Waals surface area contributed by atoms with Gasteiger partial charge in [0.1, 0.15) is 6.61 Å².